The summed E-state index contributed by atoms with van der Waals surface area (Å²) in [7, 11) is 0. The lowest BCUT2D eigenvalue weighted by molar-refractivity contribution is 0.549. The number of halogens is 2. The number of nitrogen functional groups attached to an aromatic ring is 1. The molecule has 18 heavy (non-hydrogen) atoms. The van der Waals surface area contributed by atoms with Crippen molar-refractivity contribution in [1.29, 1.82) is 0 Å². The van der Waals surface area contributed by atoms with Crippen LogP contribution in [0.15, 0.2) is 19.6 Å². The van der Waals surface area contributed by atoms with Gasteiger partial charge >= 0.3 is 0 Å². The molecule has 2 aromatic heterocycles. The summed E-state index contributed by atoms with van der Waals surface area (Å²) in [6.07, 6.45) is 3.02. The summed E-state index contributed by atoms with van der Waals surface area (Å²) in [5, 5.41) is 0. The van der Waals surface area contributed by atoms with E-state index >= 15 is 0 Å². The second-order valence-corrected chi connectivity index (χ2v) is 5.63. The summed E-state index contributed by atoms with van der Waals surface area (Å²) in [6.45, 7) is 0. The summed E-state index contributed by atoms with van der Waals surface area (Å²) in [5.74, 6) is 7.37. The molecule has 1 aliphatic carbocycles. The van der Waals surface area contributed by atoms with Crippen molar-refractivity contribution in [3.8, 4) is 11.6 Å². The summed E-state index contributed by atoms with van der Waals surface area (Å²) < 4.78 is 7.00. The monoisotopic (exact) mass is 372 g/mol. The van der Waals surface area contributed by atoms with E-state index in [-0.39, 0.29) is 0 Å². The molecule has 94 valence electrons. The fourth-order valence-electron chi connectivity index (χ4n) is 2.12. The minimum atomic E-state index is 0.551. The van der Waals surface area contributed by atoms with Crippen molar-refractivity contribution < 1.29 is 4.42 Å². The number of fused-ring (bicyclic) bond motifs is 1. The molecule has 0 radical (unpaired) electrons. The van der Waals surface area contributed by atoms with Gasteiger partial charge in [-0.25, -0.2) is 15.8 Å². The predicted molar refractivity (Wildman–Crippen MR) is 75.0 cm³/mol. The summed E-state index contributed by atoms with van der Waals surface area (Å²) in [4.78, 5) is 8.95. The Morgan fingerprint density at radius 2 is 2.11 bits per heavy atom. The van der Waals surface area contributed by atoms with Gasteiger partial charge in [-0.2, -0.15) is 0 Å². The third-order valence-corrected chi connectivity index (χ3v) is 4.65. The largest absolute Gasteiger partial charge is 0.445 e. The highest BCUT2D eigenvalue weighted by Crippen LogP contribution is 2.33. The zero-order valence-electron chi connectivity index (χ0n) is 9.33. The topological polar surface area (TPSA) is 77.0 Å². The molecular formula is C11H10Br2N4O. The second kappa shape index (κ2) is 4.64. The van der Waals surface area contributed by atoms with Gasteiger partial charge in [0.25, 0.3) is 0 Å². The number of furan rings is 1. The van der Waals surface area contributed by atoms with E-state index < -0.39 is 0 Å². The van der Waals surface area contributed by atoms with Gasteiger partial charge in [-0.1, -0.05) is 0 Å². The normalized spacial score (nSPS) is 13.7. The lowest BCUT2D eigenvalue weighted by Gasteiger charge is -2.07. The van der Waals surface area contributed by atoms with Crippen LogP contribution in [0.4, 0.5) is 5.82 Å². The van der Waals surface area contributed by atoms with Crippen LogP contribution in [0.25, 0.3) is 11.6 Å². The number of nitrogens with two attached hydrogens (primary N) is 1. The first-order valence-electron chi connectivity index (χ1n) is 5.50. The number of nitrogens with zero attached hydrogens (tertiary/aromatic N) is 2. The first kappa shape index (κ1) is 12.1. The van der Waals surface area contributed by atoms with Crippen LogP contribution >= 0.6 is 31.9 Å². The van der Waals surface area contributed by atoms with Crippen molar-refractivity contribution in [3.05, 3.63) is 26.5 Å². The Kier molecular flexibility index (Phi) is 3.13. The second-order valence-electron chi connectivity index (χ2n) is 4.05. The standard InChI is InChI=1S/C11H10Br2N4O/c12-6-4-8(18-9(6)13)11-15-7-3-1-2-5(7)10(16-11)17-14/h4H,1-3,14H2,(H,15,16,17). The van der Waals surface area contributed by atoms with E-state index in [9.17, 15) is 0 Å². The van der Waals surface area contributed by atoms with E-state index in [1.807, 2.05) is 6.07 Å². The van der Waals surface area contributed by atoms with E-state index in [1.165, 1.54) is 0 Å². The van der Waals surface area contributed by atoms with E-state index in [1.54, 1.807) is 0 Å². The minimum absolute atomic E-state index is 0.551. The van der Waals surface area contributed by atoms with Gasteiger partial charge in [0, 0.05) is 17.3 Å². The Balaban J connectivity index is 2.13. The van der Waals surface area contributed by atoms with Gasteiger partial charge in [0.1, 0.15) is 5.82 Å². The van der Waals surface area contributed by atoms with Crippen molar-refractivity contribution in [2.24, 2.45) is 5.84 Å². The molecule has 0 amide bonds. The molecule has 1 aliphatic rings. The maximum atomic E-state index is 5.54. The number of rotatable bonds is 2. The van der Waals surface area contributed by atoms with E-state index in [0.717, 1.165) is 35.0 Å². The van der Waals surface area contributed by atoms with Gasteiger partial charge in [-0.15, -0.1) is 0 Å². The van der Waals surface area contributed by atoms with Crippen molar-refractivity contribution in [2.75, 3.05) is 5.43 Å². The average Bonchev–Trinajstić information content (AvgIpc) is 2.95. The van der Waals surface area contributed by atoms with E-state index in [0.29, 0.717) is 22.1 Å². The van der Waals surface area contributed by atoms with Crippen LogP contribution in [0.3, 0.4) is 0 Å². The average molecular weight is 374 g/mol. The third kappa shape index (κ3) is 1.96. The molecule has 5 nitrogen and oxygen atoms in total. The summed E-state index contributed by atoms with van der Waals surface area (Å²) in [5.41, 5.74) is 4.81. The van der Waals surface area contributed by atoms with Crippen molar-refractivity contribution in [2.45, 2.75) is 19.3 Å². The van der Waals surface area contributed by atoms with E-state index in [2.05, 4.69) is 47.3 Å². The molecule has 3 N–H and O–H groups in total. The van der Waals surface area contributed by atoms with E-state index in [4.69, 9.17) is 10.3 Å². The Hall–Kier alpha value is -0.920. The lowest BCUT2D eigenvalue weighted by atomic mass is 10.2. The molecule has 0 aliphatic heterocycles. The number of hydrazine groups is 1. The fourth-order valence-corrected chi connectivity index (χ4v) is 2.70. The molecule has 2 heterocycles. The van der Waals surface area contributed by atoms with Gasteiger partial charge in [0.05, 0.1) is 4.47 Å². The van der Waals surface area contributed by atoms with Crippen LogP contribution in [-0.2, 0) is 12.8 Å². The smallest absolute Gasteiger partial charge is 0.198 e. The molecule has 7 heteroatoms. The molecule has 0 atom stereocenters. The van der Waals surface area contributed by atoms with Gasteiger partial charge in [0.2, 0.25) is 0 Å². The minimum Gasteiger partial charge on any atom is -0.445 e. The van der Waals surface area contributed by atoms with Crippen molar-refractivity contribution in [1.82, 2.24) is 9.97 Å². The molecule has 2 aromatic rings. The van der Waals surface area contributed by atoms with Crippen molar-refractivity contribution >= 4 is 37.7 Å². The lowest BCUT2D eigenvalue weighted by Crippen LogP contribution is -2.12. The SMILES string of the molecule is NNc1nc(-c2cc(Br)c(Br)o2)nc2c1CCC2. The van der Waals surface area contributed by atoms with Gasteiger partial charge in [-0.05, 0) is 51.1 Å². The van der Waals surface area contributed by atoms with Gasteiger partial charge < -0.3 is 9.84 Å². The molecule has 0 saturated carbocycles. The van der Waals surface area contributed by atoms with Crippen molar-refractivity contribution in [3.63, 3.8) is 0 Å². The van der Waals surface area contributed by atoms with Crippen LogP contribution in [-0.4, -0.2) is 9.97 Å². The van der Waals surface area contributed by atoms with Crippen LogP contribution in [0.1, 0.15) is 17.7 Å². The predicted octanol–water partition coefficient (Wildman–Crippen LogP) is 3.04. The number of aryl methyl sites for hydroxylation is 1. The molecule has 0 saturated heterocycles. The molecule has 0 unspecified atom stereocenters. The van der Waals surface area contributed by atoms with Gasteiger partial charge in [0.15, 0.2) is 16.3 Å². The van der Waals surface area contributed by atoms with Crippen LogP contribution < -0.4 is 11.3 Å². The Bertz CT molecular complexity index is 592. The molecule has 0 spiro atoms. The highest BCUT2D eigenvalue weighted by molar-refractivity contribution is 9.13. The first-order chi connectivity index (χ1) is 8.69. The Labute approximate surface area is 120 Å². The molecule has 3 rings (SSSR count). The molecule has 0 bridgehead atoms. The maximum absolute atomic E-state index is 5.54. The molecular weight excluding hydrogens is 364 g/mol. The Morgan fingerprint density at radius 1 is 1.28 bits per heavy atom. The third-order valence-electron chi connectivity index (χ3n) is 2.94. The molecule has 0 aromatic carbocycles. The highest BCUT2D eigenvalue weighted by Gasteiger charge is 2.21. The Morgan fingerprint density at radius 3 is 2.78 bits per heavy atom. The van der Waals surface area contributed by atoms with Gasteiger partial charge in [-0.3, -0.25) is 0 Å². The molecule has 0 fully saturated rings. The number of nitrogens with one attached hydrogen (secondary N) is 1. The van der Waals surface area contributed by atoms with Crippen LogP contribution in [0.2, 0.25) is 0 Å². The first-order valence-corrected chi connectivity index (χ1v) is 7.09. The maximum Gasteiger partial charge on any atom is 0.198 e. The van der Waals surface area contributed by atoms with Crippen LogP contribution in [0, 0.1) is 0 Å². The quantitative estimate of drug-likeness (QED) is 0.624. The highest BCUT2D eigenvalue weighted by atomic mass is 79.9. The number of hydrogen-bond acceptors (Lipinski definition) is 5. The number of hydrogen-bond donors (Lipinski definition) is 2. The zero-order valence-corrected chi connectivity index (χ0v) is 12.5. The zero-order chi connectivity index (χ0) is 12.7. The fraction of sp³-hybridized carbons (Fsp3) is 0.273. The number of aromatic nitrogens is 2. The van der Waals surface area contributed by atoms with Crippen LogP contribution in [0.5, 0.6) is 0 Å². The summed E-state index contributed by atoms with van der Waals surface area (Å²) >= 11 is 6.68. The number of anilines is 1. The summed E-state index contributed by atoms with van der Waals surface area (Å²) in [6, 6.07) is 1.83.